The quantitative estimate of drug-likeness (QED) is 0.541. The molecule has 1 aliphatic rings. The maximum Gasteiger partial charge on any atom is 0.190 e. The number of carbonyl (C=O) groups excluding carboxylic acids is 1. The number of aliphatic hydroxyl groups excluding tert-OH is 2. The van der Waals surface area contributed by atoms with Crippen molar-refractivity contribution in [3.05, 3.63) is 12.0 Å². The van der Waals surface area contributed by atoms with Gasteiger partial charge in [0.1, 0.15) is 0 Å². The summed E-state index contributed by atoms with van der Waals surface area (Å²) in [5.41, 5.74) is 0. The molecule has 0 aromatic carbocycles. The van der Waals surface area contributed by atoms with Crippen LogP contribution >= 0.6 is 0 Å². The highest BCUT2D eigenvalue weighted by atomic mass is 16.3. The third kappa shape index (κ3) is 3.91. The Morgan fingerprint density at radius 3 is 2.53 bits per heavy atom. The van der Waals surface area contributed by atoms with E-state index in [1.165, 1.54) is 13.0 Å². The molecule has 4 heteroatoms. The fourth-order valence-electron chi connectivity index (χ4n) is 1.91. The number of carbonyl (C=O) groups is 1. The summed E-state index contributed by atoms with van der Waals surface area (Å²) in [7, 11) is 0. The Morgan fingerprint density at radius 1 is 1.47 bits per heavy atom. The second-order valence-corrected chi connectivity index (χ2v) is 4.06. The van der Waals surface area contributed by atoms with Crippen LogP contribution in [-0.4, -0.2) is 40.6 Å². The SMILES string of the molecule is CC(=O)/C=C(\O)N1CCC(CCO)CC1. The van der Waals surface area contributed by atoms with Crippen LogP contribution in [0.5, 0.6) is 0 Å². The van der Waals surface area contributed by atoms with Gasteiger partial charge in [-0.3, -0.25) is 4.79 Å². The number of piperidine rings is 1. The van der Waals surface area contributed by atoms with Crippen LogP contribution < -0.4 is 0 Å². The lowest BCUT2D eigenvalue weighted by Crippen LogP contribution is -2.33. The van der Waals surface area contributed by atoms with E-state index in [1.807, 2.05) is 4.90 Å². The third-order valence-corrected chi connectivity index (χ3v) is 2.81. The van der Waals surface area contributed by atoms with Gasteiger partial charge in [0, 0.05) is 25.8 Å². The first-order valence-electron chi connectivity index (χ1n) is 5.40. The van der Waals surface area contributed by atoms with Crippen molar-refractivity contribution < 1.29 is 15.0 Å². The lowest BCUT2D eigenvalue weighted by atomic mass is 9.94. The predicted octanol–water partition coefficient (Wildman–Crippen LogP) is 1.07. The van der Waals surface area contributed by atoms with Gasteiger partial charge in [-0.2, -0.15) is 0 Å². The van der Waals surface area contributed by atoms with E-state index in [4.69, 9.17) is 5.11 Å². The van der Waals surface area contributed by atoms with Gasteiger partial charge in [-0.15, -0.1) is 0 Å². The van der Waals surface area contributed by atoms with Crippen LogP contribution in [0.25, 0.3) is 0 Å². The van der Waals surface area contributed by atoms with Crippen LogP contribution in [0.4, 0.5) is 0 Å². The van der Waals surface area contributed by atoms with Gasteiger partial charge in [-0.05, 0) is 32.1 Å². The fourth-order valence-corrected chi connectivity index (χ4v) is 1.91. The van der Waals surface area contributed by atoms with E-state index in [2.05, 4.69) is 0 Å². The Balaban J connectivity index is 2.40. The molecule has 0 spiro atoms. The molecule has 1 saturated heterocycles. The van der Waals surface area contributed by atoms with E-state index < -0.39 is 0 Å². The Morgan fingerprint density at radius 2 is 2.07 bits per heavy atom. The van der Waals surface area contributed by atoms with Crippen LogP contribution in [0.1, 0.15) is 26.2 Å². The standard InChI is InChI=1S/C11H19NO3/c1-9(14)8-11(15)12-5-2-10(3-6-12)4-7-13/h8,10,13,15H,2-7H2,1H3/b11-8-. The lowest BCUT2D eigenvalue weighted by molar-refractivity contribution is -0.112. The maximum absolute atomic E-state index is 10.8. The van der Waals surface area contributed by atoms with Crippen LogP contribution in [0.15, 0.2) is 12.0 Å². The molecule has 0 amide bonds. The largest absolute Gasteiger partial charge is 0.495 e. The second-order valence-electron chi connectivity index (χ2n) is 4.06. The fraction of sp³-hybridized carbons (Fsp3) is 0.727. The zero-order valence-electron chi connectivity index (χ0n) is 9.15. The number of aliphatic hydroxyl groups is 2. The number of hydrogen-bond acceptors (Lipinski definition) is 4. The molecule has 1 aliphatic heterocycles. The number of hydrogen-bond donors (Lipinski definition) is 2. The zero-order chi connectivity index (χ0) is 11.3. The van der Waals surface area contributed by atoms with Crippen molar-refractivity contribution in [1.82, 2.24) is 4.90 Å². The molecular weight excluding hydrogens is 194 g/mol. The molecule has 1 heterocycles. The van der Waals surface area contributed by atoms with Gasteiger partial charge >= 0.3 is 0 Å². The monoisotopic (exact) mass is 213 g/mol. The summed E-state index contributed by atoms with van der Waals surface area (Å²) in [5, 5.41) is 18.4. The molecule has 0 aliphatic carbocycles. The van der Waals surface area contributed by atoms with Crippen LogP contribution in [0.3, 0.4) is 0 Å². The molecule has 86 valence electrons. The second kappa shape index (κ2) is 5.75. The molecule has 1 rings (SSSR count). The molecule has 0 unspecified atom stereocenters. The molecule has 0 radical (unpaired) electrons. The summed E-state index contributed by atoms with van der Waals surface area (Å²) in [6, 6.07) is 0. The summed E-state index contributed by atoms with van der Waals surface area (Å²) in [4.78, 5) is 12.6. The number of allylic oxidation sites excluding steroid dienone is 1. The highest BCUT2D eigenvalue weighted by molar-refractivity contribution is 5.87. The minimum atomic E-state index is -0.134. The number of nitrogens with zero attached hydrogens (tertiary/aromatic N) is 1. The minimum absolute atomic E-state index is 0.0740. The summed E-state index contributed by atoms with van der Waals surface area (Å²) in [6.07, 6.45) is 4.03. The van der Waals surface area contributed by atoms with Gasteiger partial charge in [0.05, 0.1) is 0 Å². The molecule has 0 aromatic heterocycles. The Kier molecular flexibility index (Phi) is 4.62. The van der Waals surface area contributed by atoms with Crippen molar-refractivity contribution >= 4 is 5.78 Å². The first kappa shape index (κ1) is 12.0. The number of likely N-dealkylation sites (tertiary alicyclic amines) is 1. The van der Waals surface area contributed by atoms with Crippen LogP contribution in [0.2, 0.25) is 0 Å². The highest BCUT2D eigenvalue weighted by Crippen LogP contribution is 2.21. The Labute approximate surface area is 90.2 Å². The van der Waals surface area contributed by atoms with Crippen molar-refractivity contribution in [2.45, 2.75) is 26.2 Å². The average Bonchev–Trinajstić information content (AvgIpc) is 2.18. The van der Waals surface area contributed by atoms with Gasteiger partial charge in [0.2, 0.25) is 0 Å². The molecule has 15 heavy (non-hydrogen) atoms. The molecule has 0 bridgehead atoms. The van der Waals surface area contributed by atoms with Crippen molar-refractivity contribution in [2.24, 2.45) is 5.92 Å². The van der Waals surface area contributed by atoms with Crippen molar-refractivity contribution in [1.29, 1.82) is 0 Å². The molecule has 1 fully saturated rings. The minimum Gasteiger partial charge on any atom is -0.495 e. The number of ketones is 1. The molecule has 0 atom stereocenters. The smallest absolute Gasteiger partial charge is 0.190 e. The summed E-state index contributed by atoms with van der Waals surface area (Å²) >= 11 is 0. The predicted molar refractivity (Wildman–Crippen MR) is 57.4 cm³/mol. The molecule has 4 nitrogen and oxygen atoms in total. The molecule has 0 aromatic rings. The lowest BCUT2D eigenvalue weighted by Gasteiger charge is -2.32. The van der Waals surface area contributed by atoms with Crippen molar-refractivity contribution in [2.75, 3.05) is 19.7 Å². The number of rotatable bonds is 4. The summed E-state index contributed by atoms with van der Waals surface area (Å²) in [6.45, 7) is 3.19. The van der Waals surface area contributed by atoms with Crippen molar-refractivity contribution in [3.8, 4) is 0 Å². The van der Waals surface area contributed by atoms with Gasteiger partial charge in [-0.1, -0.05) is 0 Å². The maximum atomic E-state index is 10.8. The van der Waals surface area contributed by atoms with E-state index in [9.17, 15) is 9.90 Å². The first-order valence-corrected chi connectivity index (χ1v) is 5.40. The molecule has 0 saturated carbocycles. The van der Waals surface area contributed by atoms with E-state index >= 15 is 0 Å². The van der Waals surface area contributed by atoms with Crippen LogP contribution in [0, 0.1) is 5.92 Å². The molecular formula is C11H19NO3. The van der Waals surface area contributed by atoms with Gasteiger partial charge in [-0.25, -0.2) is 0 Å². The summed E-state index contributed by atoms with van der Waals surface area (Å²) in [5.74, 6) is 0.492. The van der Waals surface area contributed by atoms with E-state index in [0.29, 0.717) is 5.92 Å². The first-order chi connectivity index (χ1) is 7.13. The third-order valence-electron chi connectivity index (χ3n) is 2.81. The van der Waals surface area contributed by atoms with Crippen molar-refractivity contribution in [3.63, 3.8) is 0 Å². The normalized spacial score (nSPS) is 19.3. The van der Waals surface area contributed by atoms with E-state index in [-0.39, 0.29) is 18.3 Å². The van der Waals surface area contributed by atoms with E-state index in [0.717, 1.165) is 32.4 Å². The topological polar surface area (TPSA) is 60.8 Å². The van der Waals surface area contributed by atoms with Crippen LogP contribution in [-0.2, 0) is 4.79 Å². The van der Waals surface area contributed by atoms with Gasteiger partial charge in [0.15, 0.2) is 11.7 Å². The highest BCUT2D eigenvalue weighted by Gasteiger charge is 2.20. The Bertz CT molecular complexity index is 242. The zero-order valence-corrected chi connectivity index (χ0v) is 9.15. The van der Waals surface area contributed by atoms with E-state index in [1.54, 1.807) is 0 Å². The Hall–Kier alpha value is -1.03. The molecule has 2 N–H and O–H groups in total. The summed E-state index contributed by atoms with van der Waals surface area (Å²) < 4.78 is 0. The van der Waals surface area contributed by atoms with Gasteiger partial charge < -0.3 is 15.1 Å². The average molecular weight is 213 g/mol. The van der Waals surface area contributed by atoms with Gasteiger partial charge in [0.25, 0.3) is 0 Å².